The summed E-state index contributed by atoms with van der Waals surface area (Å²) in [6, 6.07) is 61.4. The van der Waals surface area contributed by atoms with Gasteiger partial charge in [-0.1, -0.05) is 82.2 Å². The predicted octanol–water partition coefficient (Wildman–Crippen LogP) is 29.6. The highest BCUT2D eigenvalue weighted by atomic mass is 16.4. The molecule has 0 aliphatic rings. The molecule has 738 valence electrons. The molecule has 0 saturated heterocycles. The molecule has 1 atom stereocenters. The summed E-state index contributed by atoms with van der Waals surface area (Å²) in [5.41, 5.74) is 40.1. The third-order valence-corrected chi connectivity index (χ3v) is 28.2. The number of hydrogen-bond donors (Lipinski definition) is 0. The Balaban J connectivity index is 0.000000121. The topological polar surface area (TPSA) is 179 Å². The van der Waals surface area contributed by atoms with Gasteiger partial charge in [-0.25, -0.2) is 57.3 Å². The van der Waals surface area contributed by atoms with Gasteiger partial charge in [0.25, 0.3) is 0 Å². The van der Waals surface area contributed by atoms with Crippen LogP contribution < -0.4 is 27.4 Å². The molecule has 6 aromatic carbocycles. The molecule has 18 heterocycles. The SMILES string of the molecule is Cc1ccc2c(n1)oc1c(-c3cc(C(C)C)cc[n+]3C)c(C)cc(C)c12.Cc1ccc2c(n1)oc1c(-c3cc(C)c(C)c[n+]3C)c(C)cc(C)c12.[2H]C([2H])([2H])C([2H])(C)c1cc[n+](C)c(-c2c(C)ccc3c2oc2nc(C)ccc23)c1.[2H]C([2H])([2H])c1c[n+](C)c(-c2c(C)ccc3c2oc2nc(C)ccc23)cc1C.[2H]C([2H])([2H])c1ccc(-c2c(C)cc(C([2H])([2H])[2H])c3c2oc2nc(C)ccc23)[n+](C)c1.[2H]C([2H])([2H])c1ccc(-c2c(C)ccc3c2oc2nc(C)ccc23)[n+](C)c1. The van der Waals surface area contributed by atoms with Gasteiger partial charge in [-0.2, -0.15) is 0 Å². The number of fused-ring (bicyclic) bond motifs is 18. The van der Waals surface area contributed by atoms with Crippen LogP contribution in [0.1, 0.15) is 190 Å². The number of aromatic nitrogens is 12. The first-order valence-corrected chi connectivity index (χ1v) is 49.4. The molecule has 18 heteroatoms. The lowest BCUT2D eigenvalue weighted by atomic mass is 9.95. The number of furan rings is 6. The summed E-state index contributed by atoms with van der Waals surface area (Å²) in [4.78, 5) is 27.2. The number of benzene rings is 6. The minimum absolute atomic E-state index is 0.213. The first kappa shape index (κ1) is 81.2. The van der Waals surface area contributed by atoms with E-state index in [-0.39, 0.29) is 11.1 Å². The molecule has 18 nitrogen and oxygen atoms in total. The van der Waals surface area contributed by atoms with Gasteiger partial charge in [-0.05, 0) is 314 Å². The van der Waals surface area contributed by atoms with E-state index in [9.17, 15) is 0 Å². The maximum absolute atomic E-state index is 8.47. The number of hydrogen-bond acceptors (Lipinski definition) is 12. The average molecular weight is 1960 g/mol. The van der Waals surface area contributed by atoms with Gasteiger partial charge in [0, 0.05) is 192 Å². The van der Waals surface area contributed by atoms with Crippen molar-refractivity contribution in [3.63, 3.8) is 0 Å². The maximum atomic E-state index is 8.47. The van der Waals surface area contributed by atoms with Crippen LogP contribution in [-0.2, 0) is 42.3 Å². The van der Waals surface area contributed by atoms with Gasteiger partial charge in [0.05, 0.1) is 33.4 Å². The normalized spacial score (nSPS) is 14.1. The van der Waals surface area contributed by atoms with Crippen LogP contribution in [0.25, 0.3) is 200 Å². The fourth-order valence-electron chi connectivity index (χ4n) is 20.4. The lowest BCUT2D eigenvalue weighted by molar-refractivity contribution is -0.660. The van der Waals surface area contributed by atoms with Gasteiger partial charge in [0.1, 0.15) is 42.3 Å². The van der Waals surface area contributed by atoms with Crippen molar-refractivity contribution in [3.8, 4) is 67.5 Å². The third kappa shape index (κ3) is 18.7. The zero-order chi connectivity index (χ0) is 118. The van der Waals surface area contributed by atoms with Crippen molar-refractivity contribution < 1.29 is 75.8 Å². The fraction of sp³-hybridized carbons (Fsp3) is 0.256. The summed E-state index contributed by atoms with van der Waals surface area (Å²) >= 11 is 0. The largest absolute Gasteiger partial charge is 0.437 e. The van der Waals surface area contributed by atoms with Crippen LogP contribution in [0.3, 0.4) is 0 Å². The van der Waals surface area contributed by atoms with E-state index in [1.807, 2.05) is 196 Å². The summed E-state index contributed by atoms with van der Waals surface area (Å²) in [5, 5.41) is 11.6. The van der Waals surface area contributed by atoms with E-state index >= 15 is 0 Å². The molecule has 0 saturated carbocycles. The first-order chi connectivity index (χ1) is 76.5. The highest BCUT2D eigenvalue weighted by molar-refractivity contribution is 6.15. The Hall–Kier alpha value is -16.1. The lowest BCUT2D eigenvalue weighted by Crippen LogP contribution is -2.31. The molecule has 0 radical (unpaired) electrons. The van der Waals surface area contributed by atoms with Crippen molar-refractivity contribution in [1.82, 2.24) is 29.9 Å². The molecule has 0 bridgehead atoms. The monoisotopic (exact) mass is 1960 g/mol. The second kappa shape index (κ2) is 39.5. The molecule has 0 fully saturated rings. The van der Waals surface area contributed by atoms with Crippen LogP contribution in [-0.4, -0.2) is 29.9 Å². The van der Waals surface area contributed by atoms with Crippen molar-refractivity contribution >= 4 is 132 Å². The number of rotatable bonds is 8. The molecule has 1 unspecified atom stereocenters. The molecule has 24 rings (SSSR count). The van der Waals surface area contributed by atoms with Crippen molar-refractivity contribution in [1.29, 1.82) is 0 Å². The second-order valence-corrected chi connectivity index (χ2v) is 39.8. The van der Waals surface area contributed by atoms with Crippen molar-refractivity contribution in [2.24, 2.45) is 42.3 Å². The zero-order valence-corrected chi connectivity index (χ0v) is 88.3. The standard InChI is InChI=1S/C23H25N2O.2C22H23N2O.2C21H21N2O.C20H19N2O/c1-13(2)17-9-10-25(6)19(12-17)21-15(4)11-14(3)20-18-8-7-16(5)24-23(18)26-22(20)21;1-12-10-18(24(6)11-15(12)4)20-14(3)9-13(2)19-17-8-7-16(5)23-22(17)25-21(19)20;1-13(2)16-10-11-24(5)19(12-16)20-14(3)6-8-17-18-9-7-15(4)23-22(18)25-21(17)20;1-12-6-9-17(23(5)11-12)19-14(3)10-13(2)18-16-8-7-15(4)22-21(16)24-20(18)19;1-12-6-8-16-17-9-7-15(4)22-21(17)24-20(16)19(12)18-10-13(2)14(3)11-23(18)5;1-12-5-10-17(22(4)11-12)18-13(2)6-8-15-16-9-7-14(3)21-20(16)23-19(15)18/h7-13H,1-6H3;7-11H,1-6H3;6-13H,1-5H3;2*6-11H,1-5H3;5-11H,1-4H3/q6*+1/i;;1D3,13D;1D3,2D3;3D3;1D3. The summed E-state index contributed by atoms with van der Waals surface area (Å²) < 4.78 is 174. The summed E-state index contributed by atoms with van der Waals surface area (Å²) in [5.74, 6) is -1.24. The van der Waals surface area contributed by atoms with E-state index in [1.165, 1.54) is 68.0 Å². The van der Waals surface area contributed by atoms with Crippen LogP contribution >= 0.6 is 0 Å². The smallest absolute Gasteiger partial charge is 0.227 e. The van der Waals surface area contributed by atoms with Crippen molar-refractivity contribution in [2.75, 3.05) is 0 Å². The maximum Gasteiger partial charge on any atom is 0.227 e. The van der Waals surface area contributed by atoms with Gasteiger partial charge >= 0.3 is 0 Å². The van der Waals surface area contributed by atoms with Crippen molar-refractivity contribution in [3.05, 3.63) is 354 Å². The Morgan fingerprint density at radius 3 is 0.871 bits per heavy atom. The van der Waals surface area contributed by atoms with Gasteiger partial charge in [0.2, 0.25) is 68.4 Å². The summed E-state index contributed by atoms with van der Waals surface area (Å²) in [6.45, 7) is 28.9. The molecule has 0 aliphatic carbocycles. The summed E-state index contributed by atoms with van der Waals surface area (Å²) in [6.07, 6.45) is 11.0. The zero-order valence-electron chi connectivity index (χ0n) is 104. The average Bonchev–Trinajstić information content (AvgIpc) is 1.58. The van der Waals surface area contributed by atoms with Gasteiger partial charge in [-0.3, -0.25) is 0 Å². The second-order valence-electron chi connectivity index (χ2n) is 39.8. The highest BCUT2D eigenvalue weighted by Gasteiger charge is 2.31. The quantitative estimate of drug-likeness (QED) is 0.132. The van der Waals surface area contributed by atoms with Crippen LogP contribution in [0.15, 0.2) is 252 Å². The number of pyridine rings is 12. The Labute approximate surface area is 881 Å². The summed E-state index contributed by atoms with van der Waals surface area (Å²) in [7, 11) is 11.6. The van der Waals surface area contributed by atoms with Crippen LogP contribution in [0.5, 0.6) is 0 Å². The molecule has 24 aromatic rings. The van der Waals surface area contributed by atoms with Crippen LogP contribution in [0.2, 0.25) is 0 Å². The predicted molar refractivity (Wildman–Crippen MR) is 596 cm³/mol. The molecular formula is C129H132N12O6+6. The molecule has 0 spiro atoms. The Morgan fingerprint density at radius 1 is 0.231 bits per heavy atom. The molecule has 0 amide bonds. The Morgan fingerprint density at radius 2 is 0.517 bits per heavy atom. The van der Waals surface area contributed by atoms with E-state index < -0.39 is 40.2 Å². The Bertz CT molecular complexity index is 10200. The van der Waals surface area contributed by atoms with Crippen LogP contribution in [0.4, 0.5) is 0 Å². The van der Waals surface area contributed by atoms with E-state index in [2.05, 4.69) is 188 Å². The van der Waals surface area contributed by atoms with E-state index in [0.717, 1.165) is 189 Å². The van der Waals surface area contributed by atoms with Gasteiger partial charge in [0.15, 0.2) is 70.7 Å². The number of nitrogens with zero attached hydrogens (tertiary/aromatic N) is 12. The molecule has 147 heavy (non-hydrogen) atoms. The minimum Gasteiger partial charge on any atom is -0.437 e. The lowest BCUT2D eigenvalue weighted by Gasteiger charge is -2.10. The van der Waals surface area contributed by atoms with E-state index in [1.54, 1.807) is 72.8 Å². The van der Waals surface area contributed by atoms with Gasteiger partial charge < -0.3 is 26.5 Å². The molecule has 0 N–H and O–H groups in total. The molecule has 0 aliphatic heterocycles. The third-order valence-electron chi connectivity index (χ3n) is 28.2. The van der Waals surface area contributed by atoms with Gasteiger partial charge in [-0.15, -0.1) is 0 Å². The molecular weight excluding hydrogens is 1810 g/mol. The highest BCUT2D eigenvalue weighted by Crippen LogP contribution is 2.46. The number of aryl methyl sites for hydroxylation is 27. The fourth-order valence-corrected chi connectivity index (χ4v) is 20.4. The molecule has 18 aromatic heterocycles. The van der Waals surface area contributed by atoms with E-state index in [0.29, 0.717) is 73.0 Å². The van der Waals surface area contributed by atoms with Crippen LogP contribution in [0, 0.1) is 145 Å². The van der Waals surface area contributed by atoms with E-state index in [4.69, 9.17) is 48.4 Å². The first-order valence-electron chi connectivity index (χ1n) is 57.4. The van der Waals surface area contributed by atoms with Crippen molar-refractivity contribution in [2.45, 2.75) is 185 Å². The minimum atomic E-state index is -2.44. The Kier molecular flexibility index (Phi) is 21.8.